The van der Waals surface area contributed by atoms with Crippen molar-refractivity contribution in [1.29, 1.82) is 5.26 Å². The van der Waals surface area contributed by atoms with Crippen molar-refractivity contribution < 1.29 is 0 Å². The molecule has 1 aromatic carbocycles. The second kappa shape index (κ2) is 6.48. The molecule has 1 fully saturated rings. The minimum absolute atomic E-state index is 0.174. The molecule has 0 unspecified atom stereocenters. The molecular weight excluding hydrogens is 274 g/mol. The zero-order chi connectivity index (χ0) is 15.4. The molecule has 2 aromatic rings. The van der Waals surface area contributed by atoms with Gasteiger partial charge in [0.25, 0.3) is 5.56 Å². The second-order valence-corrected chi connectivity index (χ2v) is 5.81. The predicted octanol–water partition coefficient (Wildman–Crippen LogP) is 3.38. The maximum atomic E-state index is 11.6. The van der Waals surface area contributed by atoms with E-state index < -0.39 is 0 Å². The van der Waals surface area contributed by atoms with Gasteiger partial charge in [0.05, 0.1) is 5.69 Å². The van der Waals surface area contributed by atoms with E-state index >= 15 is 0 Å². The molecule has 4 nitrogen and oxygen atoms in total. The highest BCUT2D eigenvalue weighted by atomic mass is 16.1. The van der Waals surface area contributed by atoms with Gasteiger partial charge in [-0.05, 0) is 43.2 Å². The van der Waals surface area contributed by atoms with Crippen LogP contribution in [0.15, 0.2) is 47.4 Å². The summed E-state index contributed by atoms with van der Waals surface area (Å²) in [7, 11) is 0. The van der Waals surface area contributed by atoms with Crippen LogP contribution in [0.2, 0.25) is 0 Å². The van der Waals surface area contributed by atoms with Gasteiger partial charge in [0.15, 0.2) is 0 Å². The van der Waals surface area contributed by atoms with E-state index in [-0.39, 0.29) is 11.1 Å². The second-order valence-electron chi connectivity index (χ2n) is 5.81. The lowest BCUT2D eigenvalue weighted by molar-refractivity contribution is 0.412. The number of pyridine rings is 1. The number of hydrogen-bond donors (Lipinski definition) is 2. The van der Waals surface area contributed by atoms with Crippen molar-refractivity contribution in [3.63, 3.8) is 0 Å². The molecule has 1 heterocycles. The molecule has 0 spiro atoms. The first-order valence-corrected chi connectivity index (χ1v) is 7.71. The van der Waals surface area contributed by atoms with Gasteiger partial charge in [-0.15, -0.1) is 0 Å². The Kier molecular flexibility index (Phi) is 4.24. The smallest absolute Gasteiger partial charge is 0.267 e. The predicted molar refractivity (Wildman–Crippen MR) is 86.8 cm³/mol. The van der Waals surface area contributed by atoms with Crippen LogP contribution in [0.25, 0.3) is 0 Å². The normalized spacial score (nSPS) is 21.0. The fraction of sp³-hybridized carbons (Fsp3) is 0.333. The lowest BCUT2D eigenvalue weighted by atomic mass is 9.81. The molecular formula is C18H19N3O. The molecule has 1 aliphatic rings. The third kappa shape index (κ3) is 3.04. The lowest BCUT2D eigenvalue weighted by Crippen LogP contribution is -2.27. The van der Waals surface area contributed by atoms with Crippen molar-refractivity contribution in [2.45, 2.75) is 37.6 Å². The molecule has 0 atom stereocenters. The quantitative estimate of drug-likeness (QED) is 0.911. The van der Waals surface area contributed by atoms with Crippen molar-refractivity contribution in [2.24, 2.45) is 0 Å². The van der Waals surface area contributed by atoms with Crippen molar-refractivity contribution in [3.8, 4) is 6.07 Å². The summed E-state index contributed by atoms with van der Waals surface area (Å²) in [6, 6.07) is 14.7. The summed E-state index contributed by atoms with van der Waals surface area (Å²) in [6.07, 6.45) is 5.95. The third-order valence-electron chi connectivity index (χ3n) is 4.43. The minimum atomic E-state index is -0.328. The van der Waals surface area contributed by atoms with E-state index in [1.807, 2.05) is 12.1 Å². The highest BCUT2D eigenvalue weighted by molar-refractivity contribution is 5.56. The molecule has 0 aliphatic heterocycles. The number of aromatic amines is 1. The van der Waals surface area contributed by atoms with Crippen LogP contribution in [0.4, 0.5) is 5.69 Å². The Hall–Kier alpha value is -2.54. The third-order valence-corrected chi connectivity index (χ3v) is 4.43. The van der Waals surface area contributed by atoms with E-state index in [2.05, 4.69) is 34.6 Å². The topological polar surface area (TPSA) is 68.7 Å². The first kappa shape index (κ1) is 14.4. The molecule has 0 amide bonds. The standard InChI is InChI=1S/C18H19N3O/c19-12-16-17(10-11-20-18(16)22)21-15-8-6-14(7-9-15)13-4-2-1-3-5-13/h1-5,10-11,14-15H,6-9H2,(H2,20,21,22). The average Bonchev–Trinajstić information content (AvgIpc) is 2.57. The van der Waals surface area contributed by atoms with Gasteiger partial charge in [-0.2, -0.15) is 5.26 Å². The Morgan fingerprint density at radius 3 is 2.50 bits per heavy atom. The van der Waals surface area contributed by atoms with Crippen LogP contribution < -0.4 is 10.9 Å². The van der Waals surface area contributed by atoms with E-state index in [1.165, 1.54) is 5.56 Å². The number of hydrogen-bond acceptors (Lipinski definition) is 3. The van der Waals surface area contributed by atoms with E-state index in [1.54, 1.807) is 12.3 Å². The largest absolute Gasteiger partial charge is 0.381 e. The molecule has 0 saturated heterocycles. The maximum Gasteiger partial charge on any atom is 0.267 e. The summed E-state index contributed by atoms with van der Waals surface area (Å²) in [5.41, 5.74) is 1.90. The van der Waals surface area contributed by atoms with Crippen LogP contribution in [0.1, 0.15) is 42.7 Å². The van der Waals surface area contributed by atoms with Gasteiger partial charge in [0.2, 0.25) is 0 Å². The van der Waals surface area contributed by atoms with Gasteiger partial charge in [-0.1, -0.05) is 30.3 Å². The SMILES string of the molecule is N#Cc1c(NC2CCC(c3ccccc3)CC2)cc[nH]c1=O. The highest BCUT2D eigenvalue weighted by Crippen LogP contribution is 2.33. The summed E-state index contributed by atoms with van der Waals surface area (Å²) in [4.78, 5) is 14.2. The molecule has 1 aliphatic carbocycles. The zero-order valence-electron chi connectivity index (χ0n) is 12.4. The van der Waals surface area contributed by atoms with Gasteiger partial charge in [0.1, 0.15) is 11.6 Å². The van der Waals surface area contributed by atoms with Gasteiger partial charge in [0, 0.05) is 12.2 Å². The Morgan fingerprint density at radius 1 is 1.09 bits per heavy atom. The van der Waals surface area contributed by atoms with Crippen LogP contribution in [0.5, 0.6) is 0 Å². The molecule has 0 radical (unpaired) electrons. The Morgan fingerprint density at radius 2 is 1.82 bits per heavy atom. The number of aromatic nitrogens is 1. The van der Waals surface area contributed by atoms with Crippen LogP contribution in [0, 0.1) is 11.3 Å². The Bertz CT molecular complexity index is 722. The van der Waals surface area contributed by atoms with E-state index in [0.29, 0.717) is 17.6 Å². The Balaban J connectivity index is 1.65. The van der Waals surface area contributed by atoms with E-state index in [4.69, 9.17) is 5.26 Å². The Labute approximate surface area is 129 Å². The maximum absolute atomic E-state index is 11.6. The molecule has 112 valence electrons. The number of H-pyrrole nitrogens is 1. The monoisotopic (exact) mass is 293 g/mol. The minimum Gasteiger partial charge on any atom is -0.381 e. The van der Waals surface area contributed by atoms with Gasteiger partial charge < -0.3 is 10.3 Å². The summed E-state index contributed by atoms with van der Waals surface area (Å²) in [6.45, 7) is 0. The summed E-state index contributed by atoms with van der Waals surface area (Å²) in [5.74, 6) is 0.619. The fourth-order valence-electron chi connectivity index (χ4n) is 3.23. The summed E-state index contributed by atoms with van der Waals surface area (Å²) in [5, 5.41) is 12.5. The molecule has 3 rings (SSSR count). The first-order chi connectivity index (χ1) is 10.8. The number of rotatable bonds is 3. The van der Waals surface area contributed by atoms with Crippen LogP contribution in [-0.4, -0.2) is 11.0 Å². The molecule has 22 heavy (non-hydrogen) atoms. The van der Waals surface area contributed by atoms with E-state index in [0.717, 1.165) is 25.7 Å². The van der Waals surface area contributed by atoms with Crippen LogP contribution in [0.3, 0.4) is 0 Å². The zero-order valence-corrected chi connectivity index (χ0v) is 12.4. The highest BCUT2D eigenvalue weighted by Gasteiger charge is 2.22. The van der Waals surface area contributed by atoms with Crippen LogP contribution in [-0.2, 0) is 0 Å². The molecule has 0 bridgehead atoms. The molecule has 2 N–H and O–H groups in total. The molecule has 1 saturated carbocycles. The molecule has 1 aromatic heterocycles. The first-order valence-electron chi connectivity index (χ1n) is 7.71. The number of anilines is 1. The van der Waals surface area contributed by atoms with Crippen LogP contribution >= 0.6 is 0 Å². The van der Waals surface area contributed by atoms with Gasteiger partial charge >= 0.3 is 0 Å². The number of nitrogens with zero attached hydrogens (tertiary/aromatic N) is 1. The van der Waals surface area contributed by atoms with Crippen molar-refractivity contribution in [3.05, 3.63) is 64.1 Å². The van der Waals surface area contributed by atoms with Crippen molar-refractivity contribution in [1.82, 2.24) is 4.98 Å². The summed E-state index contributed by atoms with van der Waals surface area (Å²) >= 11 is 0. The lowest BCUT2D eigenvalue weighted by Gasteiger charge is -2.30. The van der Waals surface area contributed by atoms with Gasteiger partial charge in [-0.3, -0.25) is 4.79 Å². The van der Waals surface area contributed by atoms with Crippen molar-refractivity contribution >= 4 is 5.69 Å². The average molecular weight is 293 g/mol. The van der Waals surface area contributed by atoms with E-state index in [9.17, 15) is 4.79 Å². The number of nitriles is 1. The fourth-order valence-corrected chi connectivity index (χ4v) is 3.23. The number of benzene rings is 1. The van der Waals surface area contributed by atoms with Gasteiger partial charge in [-0.25, -0.2) is 0 Å². The van der Waals surface area contributed by atoms with Crippen molar-refractivity contribution in [2.75, 3.05) is 5.32 Å². The molecule has 4 heteroatoms. The summed E-state index contributed by atoms with van der Waals surface area (Å²) < 4.78 is 0. The number of nitrogens with one attached hydrogen (secondary N) is 2.